The van der Waals surface area contributed by atoms with Crippen LogP contribution >= 0.6 is 15.9 Å². The SMILES string of the molecule is O=C(NCC1CCS(=O)(=O)C1)c1ccc(F)cc1Br. The van der Waals surface area contributed by atoms with Gasteiger partial charge in [0.05, 0.1) is 17.1 Å². The number of nitrogens with one attached hydrogen (secondary N) is 1. The van der Waals surface area contributed by atoms with E-state index in [0.29, 0.717) is 23.0 Å². The van der Waals surface area contributed by atoms with Crippen molar-refractivity contribution in [2.45, 2.75) is 6.42 Å². The highest BCUT2D eigenvalue weighted by Crippen LogP contribution is 2.19. The first-order chi connectivity index (χ1) is 8.87. The van der Waals surface area contributed by atoms with Crippen LogP contribution in [0, 0.1) is 11.7 Å². The molecule has 1 aromatic carbocycles. The molecule has 1 saturated heterocycles. The maximum atomic E-state index is 12.9. The second-order valence-electron chi connectivity index (χ2n) is 4.60. The average molecular weight is 350 g/mol. The lowest BCUT2D eigenvalue weighted by Crippen LogP contribution is -2.30. The molecule has 19 heavy (non-hydrogen) atoms. The van der Waals surface area contributed by atoms with Gasteiger partial charge in [-0.2, -0.15) is 0 Å². The largest absolute Gasteiger partial charge is 0.352 e. The number of carbonyl (C=O) groups excluding carboxylic acids is 1. The second-order valence-corrected chi connectivity index (χ2v) is 7.69. The van der Waals surface area contributed by atoms with Crippen LogP contribution < -0.4 is 5.32 Å². The van der Waals surface area contributed by atoms with Crippen molar-refractivity contribution < 1.29 is 17.6 Å². The lowest BCUT2D eigenvalue weighted by atomic mass is 10.1. The molecule has 0 aliphatic carbocycles. The molecule has 0 radical (unpaired) electrons. The number of amides is 1. The van der Waals surface area contributed by atoms with Crippen LogP contribution in [0.3, 0.4) is 0 Å². The quantitative estimate of drug-likeness (QED) is 0.904. The minimum absolute atomic E-state index is 0.0341. The fraction of sp³-hybridized carbons (Fsp3) is 0.417. The molecule has 1 aliphatic rings. The molecule has 1 atom stereocenters. The predicted molar refractivity (Wildman–Crippen MR) is 73.2 cm³/mol. The third-order valence-electron chi connectivity index (χ3n) is 3.05. The molecule has 0 bridgehead atoms. The molecular formula is C12H13BrFNO3S. The molecule has 0 saturated carbocycles. The Balaban J connectivity index is 1.95. The van der Waals surface area contributed by atoms with Gasteiger partial charge in [0.1, 0.15) is 5.82 Å². The Morgan fingerprint density at radius 1 is 1.47 bits per heavy atom. The Labute approximate surface area is 119 Å². The van der Waals surface area contributed by atoms with Crippen molar-refractivity contribution in [2.24, 2.45) is 5.92 Å². The summed E-state index contributed by atoms with van der Waals surface area (Å²) in [5, 5.41) is 2.68. The fourth-order valence-corrected chi connectivity index (χ4v) is 4.43. The summed E-state index contributed by atoms with van der Waals surface area (Å²) in [7, 11) is -2.93. The minimum Gasteiger partial charge on any atom is -0.352 e. The highest BCUT2D eigenvalue weighted by molar-refractivity contribution is 9.10. The molecule has 1 heterocycles. The van der Waals surface area contributed by atoms with E-state index in [4.69, 9.17) is 0 Å². The van der Waals surface area contributed by atoms with E-state index in [0.717, 1.165) is 0 Å². The summed E-state index contributed by atoms with van der Waals surface area (Å²) >= 11 is 3.12. The van der Waals surface area contributed by atoms with Crippen LogP contribution in [0.1, 0.15) is 16.8 Å². The van der Waals surface area contributed by atoms with E-state index in [1.807, 2.05) is 0 Å². The Kier molecular flexibility index (Phi) is 4.25. The van der Waals surface area contributed by atoms with E-state index in [-0.39, 0.29) is 23.3 Å². The van der Waals surface area contributed by atoms with Gasteiger partial charge in [-0.25, -0.2) is 12.8 Å². The molecule has 1 unspecified atom stereocenters. The second kappa shape index (κ2) is 5.58. The lowest BCUT2D eigenvalue weighted by Gasteiger charge is -2.10. The first-order valence-corrected chi connectivity index (χ1v) is 8.42. The van der Waals surface area contributed by atoms with Crippen LogP contribution in [-0.2, 0) is 9.84 Å². The van der Waals surface area contributed by atoms with Gasteiger partial charge in [0.2, 0.25) is 0 Å². The molecule has 104 valence electrons. The molecule has 0 spiro atoms. The number of hydrogen-bond acceptors (Lipinski definition) is 3. The van der Waals surface area contributed by atoms with Gasteiger partial charge in [-0.3, -0.25) is 4.79 Å². The maximum absolute atomic E-state index is 12.9. The molecule has 1 fully saturated rings. The van der Waals surface area contributed by atoms with E-state index in [9.17, 15) is 17.6 Å². The summed E-state index contributed by atoms with van der Waals surface area (Å²) in [6.45, 7) is 0.321. The van der Waals surface area contributed by atoms with Gasteiger partial charge in [-0.1, -0.05) is 0 Å². The lowest BCUT2D eigenvalue weighted by molar-refractivity contribution is 0.0947. The zero-order valence-electron chi connectivity index (χ0n) is 10.0. The average Bonchev–Trinajstić information content (AvgIpc) is 2.66. The van der Waals surface area contributed by atoms with Gasteiger partial charge in [-0.15, -0.1) is 0 Å². The van der Waals surface area contributed by atoms with E-state index in [1.165, 1.54) is 18.2 Å². The normalized spacial score (nSPS) is 21.3. The summed E-state index contributed by atoms with van der Waals surface area (Å²) in [6, 6.07) is 3.81. The number of benzene rings is 1. The Morgan fingerprint density at radius 2 is 2.21 bits per heavy atom. The van der Waals surface area contributed by atoms with Gasteiger partial charge in [0.25, 0.3) is 5.91 Å². The smallest absolute Gasteiger partial charge is 0.252 e. The van der Waals surface area contributed by atoms with Crippen molar-refractivity contribution in [3.63, 3.8) is 0 Å². The van der Waals surface area contributed by atoms with Crippen LogP contribution in [0.2, 0.25) is 0 Å². The first kappa shape index (κ1) is 14.5. The maximum Gasteiger partial charge on any atom is 0.252 e. The fourth-order valence-electron chi connectivity index (χ4n) is 2.04. The summed E-state index contributed by atoms with van der Waals surface area (Å²) in [5.74, 6) is -0.485. The summed E-state index contributed by atoms with van der Waals surface area (Å²) in [4.78, 5) is 11.9. The van der Waals surface area contributed by atoms with Crippen molar-refractivity contribution in [3.8, 4) is 0 Å². The molecule has 1 N–H and O–H groups in total. The number of sulfone groups is 1. The standard InChI is InChI=1S/C12H13BrFNO3S/c13-11-5-9(14)1-2-10(11)12(16)15-6-8-3-4-19(17,18)7-8/h1-2,5,8H,3-4,6-7H2,(H,15,16). The molecule has 1 amide bonds. The number of carbonyl (C=O) groups is 1. The highest BCUT2D eigenvalue weighted by atomic mass is 79.9. The van der Waals surface area contributed by atoms with E-state index < -0.39 is 15.7 Å². The van der Waals surface area contributed by atoms with Crippen LogP contribution in [0.25, 0.3) is 0 Å². The van der Waals surface area contributed by atoms with E-state index >= 15 is 0 Å². The van der Waals surface area contributed by atoms with Gasteiger partial charge in [0, 0.05) is 11.0 Å². The third kappa shape index (κ3) is 3.76. The monoisotopic (exact) mass is 349 g/mol. The summed E-state index contributed by atoms with van der Waals surface area (Å²) in [5.41, 5.74) is 0.335. The molecule has 2 rings (SSSR count). The van der Waals surface area contributed by atoms with Crippen molar-refractivity contribution in [1.82, 2.24) is 5.32 Å². The third-order valence-corrected chi connectivity index (χ3v) is 5.55. The molecule has 1 aromatic rings. The molecule has 0 aromatic heterocycles. The van der Waals surface area contributed by atoms with Crippen molar-refractivity contribution >= 4 is 31.7 Å². The summed E-state index contributed by atoms with van der Waals surface area (Å²) < 4.78 is 35.8. The molecular weight excluding hydrogens is 337 g/mol. The van der Waals surface area contributed by atoms with E-state index in [1.54, 1.807) is 0 Å². The topological polar surface area (TPSA) is 63.2 Å². The Morgan fingerprint density at radius 3 is 2.79 bits per heavy atom. The van der Waals surface area contributed by atoms with Gasteiger partial charge < -0.3 is 5.32 Å². The number of rotatable bonds is 3. The van der Waals surface area contributed by atoms with Gasteiger partial charge >= 0.3 is 0 Å². The van der Waals surface area contributed by atoms with E-state index in [2.05, 4.69) is 21.2 Å². The van der Waals surface area contributed by atoms with Crippen molar-refractivity contribution in [3.05, 3.63) is 34.1 Å². The van der Waals surface area contributed by atoms with Gasteiger partial charge in [-0.05, 0) is 46.5 Å². The van der Waals surface area contributed by atoms with Crippen LogP contribution in [0.15, 0.2) is 22.7 Å². The number of halogens is 2. The highest BCUT2D eigenvalue weighted by Gasteiger charge is 2.28. The van der Waals surface area contributed by atoms with Crippen molar-refractivity contribution in [1.29, 1.82) is 0 Å². The molecule has 7 heteroatoms. The van der Waals surface area contributed by atoms with Crippen LogP contribution in [-0.4, -0.2) is 32.4 Å². The van der Waals surface area contributed by atoms with Crippen LogP contribution in [0.4, 0.5) is 4.39 Å². The Bertz CT molecular complexity index is 603. The zero-order valence-corrected chi connectivity index (χ0v) is 12.4. The molecule has 4 nitrogen and oxygen atoms in total. The van der Waals surface area contributed by atoms with Gasteiger partial charge in [0.15, 0.2) is 9.84 Å². The minimum atomic E-state index is -2.93. The first-order valence-electron chi connectivity index (χ1n) is 5.81. The summed E-state index contributed by atoms with van der Waals surface area (Å²) in [6.07, 6.45) is 0.577. The van der Waals surface area contributed by atoms with Crippen molar-refractivity contribution in [2.75, 3.05) is 18.1 Å². The molecule has 1 aliphatic heterocycles. The predicted octanol–water partition coefficient (Wildman–Crippen LogP) is 1.75. The van der Waals surface area contributed by atoms with Crippen LogP contribution in [0.5, 0.6) is 0 Å². The zero-order chi connectivity index (χ0) is 14.0. The number of hydrogen-bond donors (Lipinski definition) is 1. The Hall–Kier alpha value is -0.950.